The Balaban J connectivity index is 1.74. The SMILES string of the molecule is CNCCC1CCN(Cc2csc(CC(=O)NC)n2)CC1. The molecule has 21 heavy (non-hydrogen) atoms. The molecule has 0 spiro atoms. The second-order valence-electron chi connectivity index (χ2n) is 5.69. The number of aromatic nitrogens is 1. The van der Waals surface area contributed by atoms with Gasteiger partial charge in [0.1, 0.15) is 5.01 Å². The van der Waals surface area contributed by atoms with Crippen LogP contribution in [0, 0.1) is 5.92 Å². The van der Waals surface area contributed by atoms with E-state index in [9.17, 15) is 4.79 Å². The van der Waals surface area contributed by atoms with Crippen molar-refractivity contribution in [3.05, 3.63) is 16.1 Å². The van der Waals surface area contributed by atoms with Crippen molar-refractivity contribution >= 4 is 17.2 Å². The predicted octanol–water partition coefficient (Wildman–Crippen LogP) is 1.25. The summed E-state index contributed by atoms with van der Waals surface area (Å²) < 4.78 is 0. The molecule has 2 rings (SSSR count). The number of nitrogens with one attached hydrogen (secondary N) is 2. The normalized spacial score (nSPS) is 17.0. The predicted molar refractivity (Wildman–Crippen MR) is 86.4 cm³/mol. The molecule has 1 aromatic rings. The van der Waals surface area contributed by atoms with Gasteiger partial charge in [0.05, 0.1) is 12.1 Å². The standard InChI is InChI=1S/C15H26N4OS/c1-16-6-3-12-4-7-19(8-5-12)10-13-11-21-15(18-13)9-14(20)17-2/h11-12,16H,3-10H2,1-2H3,(H,17,20). The highest BCUT2D eigenvalue weighted by atomic mass is 32.1. The average Bonchev–Trinajstić information content (AvgIpc) is 2.93. The van der Waals surface area contributed by atoms with Gasteiger partial charge in [-0.15, -0.1) is 11.3 Å². The zero-order valence-corrected chi connectivity index (χ0v) is 13.8. The lowest BCUT2D eigenvalue weighted by molar-refractivity contribution is -0.119. The molecule has 0 radical (unpaired) electrons. The molecular weight excluding hydrogens is 284 g/mol. The molecule has 2 N–H and O–H groups in total. The third-order valence-corrected chi connectivity index (χ3v) is 4.98. The molecule has 0 atom stereocenters. The molecule has 0 unspecified atom stereocenters. The van der Waals surface area contributed by atoms with Crippen molar-refractivity contribution in [2.75, 3.05) is 33.7 Å². The molecule has 1 aliphatic rings. The topological polar surface area (TPSA) is 57.3 Å². The molecule has 5 nitrogen and oxygen atoms in total. The van der Waals surface area contributed by atoms with Gasteiger partial charge < -0.3 is 10.6 Å². The Hall–Kier alpha value is -0.980. The molecule has 0 bridgehead atoms. The molecule has 0 aliphatic carbocycles. The Labute approximate surface area is 131 Å². The summed E-state index contributed by atoms with van der Waals surface area (Å²) >= 11 is 1.59. The third-order valence-electron chi connectivity index (χ3n) is 4.09. The number of amides is 1. The number of hydrogen-bond acceptors (Lipinski definition) is 5. The average molecular weight is 310 g/mol. The maximum Gasteiger partial charge on any atom is 0.226 e. The number of thiazole rings is 1. The minimum atomic E-state index is 0.0289. The van der Waals surface area contributed by atoms with Crippen LogP contribution >= 0.6 is 11.3 Å². The zero-order chi connectivity index (χ0) is 15.1. The Morgan fingerprint density at radius 2 is 2.19 bits per heavy atom. The van der Waals surface area contributed by atoms with Gasteiger partial charge in [-0.2, -0.15) is 0 Å². The number of carbonyl (C=O) groups excluding carboxylic acids is 1. The lowest BCUT2D eigenvalue weighted by Gasteiger charge is -2.31. The van der Waals surface area contributed by atoms with Crippen LogP contribution in [0.3, 0.4) is 0 Å². The minimum absolute atomic E-state index is 0.0289. The van der Waals surface area contributed by atoms with Crippen LogP contribution in [0.25, 0.3) is 0 Å². The summed E-state index contributed by atoms with van der Waals surface area (Å²) in [5.41, 5.74) is 1.10. The Morgan fingerprint density at radius 3 is 2.86 bits per heavy atom. The van der Waals surface area contributed by atoms with Gasteiger partial charge in [0.15, 0.2) is 0 Å². The number of likely N-dealkylation sites (N-methyl/N-ethyl adjacent to an activating group) is 1. The van der Waals surface area contributed by atoms with Crippen molar-refractivity contribution in [1.82, 2.24) is 20.5 Å². The Morgan fingerprint density at radius 1 is 1.43 bits per heavy atom. The number of rotatable bonds is 7. The first-order chi connectivity index (χ1) is 10.2. The number of carbonyl (C=O) groups is 1. The van der Waals surface area contributed by atoms with E-state index in [2.05, 4.69) is 25.9 Å². The van der Waals surface area contributed by atoms with Crippen LogP contribution in [0.1, 0.15) is 30.0 Å². The van der Waals surface area contributed by atoms with Gasteiger partial charge in [-0.1, -0.05) is 0 Å². The minimum Gasteiger partial charge on any atom is -0.359 e. The van der Waals surface area contributed by atoms with E-state index in [-0.39, 0.29) is 5.91 Å². The van der Waals surface area contributed by atoms with Crippen LogP contribution in [-0.4, -0.2) is 49.5 Å². The first kappa shape index (κ1) is 16.4. The van der Waals surface area contributed by atoms with Gasteiger partial charge in [-0.25, -0.2) is 4.98 Å². The van der Waals surface area contributed by atoms with Crippen LogP contribution in [0.5, 0.6) is 0 Å². The van der Waals surface area contributed by atoms with Crippen LogP contribution in [0.4, 0.5) is 0 Å². The van der Waals surface area contributed by atoms with E-state index in [1.54, 1.807) is 18.4 Å². The fraction of sp³-hybridized carbons (Fsp3) is 0.733. The van der Waals surface area contributed by atoms with Crippen LogP contribution < -0.4 is 10.6 Å². The van der Waals surface area contributed by atoms with E-state index in [4.69, 9.17) is 0 Å². The maximum absolute atomic E-state index is 11.3. The Kier molecular flexibility index (Phi) is 6.60. The van der Waals surface area contributed by atoms with Crippen molar-refractivity contribution in [3.63, 3.8) is 0 Å². The molecule has 6 heteroatoms. The fourth-order valence-electron chi connectivity index (χ4n) is 2.74. The molecule has 1 saturated heterocycles. The van der Waals surface area contributed by atoms with Gasteiger partial charge >= 0.3 is 0 Å². The van der Waals surface area contributed by atoms with E-state index in [0.717, 1.165) is 42.8 Å². The van der Waals surface area contributed by atoms with E-state index in [0.29, 0.717) is 6.42 Å². The Bertz CT molecular complexity index is 441. The van der Waals surface area contributed by atoms with Gasteiger partial charge in [-0.05, 0) is 51.9 Å². The van der Waals surface area contributed by atoms with Gasteiger partial charge in [-0.3, -0.25) is 9.69 Å². The van der Waals surface area contributed by atoms with Gasteiger partial charge in [0, 0.05) is 19.0 Å². The van der Waals surface area contributed by atoms with E-state index in [1.807, 2.05) is 7.05 Å². The van der Waals surface area contributed by atoms with E-state index >= 15 is 0 Å². The summed E-state index contributed by atoms with van der Waals surface area (Å²) in [6, 6.07) is 0. The monoisotopic (exact) mass is 310 g/mol. The third kappa shape index (κ3) is 5.37. The number of nitrogens with zero attached hydrogens (tertiary/aromatic N) is 2. The number of likely N-dealkylation sites (tertiary alicyclic amines) is 1. The lowest BCUT2D eigenvalue weighted by Crippen LogP contribution is -2.34. The highest BCUT2D eigenvalue weighted by Gasteiger charge is 2.19. The number of hydrogen-bond donors (Lipinski definition) is 2. The summed E-state index contributed by atoms with van der Waals surface area (Å²) in [7, 11) is 3.68. The second-order valence-corrected chi connectivity index (χ2v) is 6.64. The van der Waals surface area contributed by atoms with Crippen molar-refractivity contribution in [2.24, 2.45) is 5.92 Å². The van der Waals surface area contributed by atoms with Crippen LogP contribution in [0.2, 0.25) is 0 Å². The maximum atomic E-state index is 11.3. The second kappa shape index (κ2) is 8.46. The van der Waals surface area contributed by atoms with Crippen molar-refractivity contribution in [3.8, 4) is 0 Å². The molecule has 0 aromatic carbocycles. The molecule has 1 amide bonds. The lowest BCUT2D eigenvalue weighted by atomic mass is 9.93. The molecule has 118 valence electrons. The zero-order valence-electron chi connectivity index (χ0n) is 13.0. The van der Waals surface area contributed by atoms with Crippen molar-refractivity contribution < 1.29 is 4.79 Å². The van der Waals surface area contributed by atoms with Crippen molar-refractivity contribution in [2.45, 2.75) is 32.2 Å². The summed E-state index contributed by atoms with van der Waals surface area (Å²) in [5.74, 6) is 0.897. The van der Waals surface area contributed by atoms with Crippen molar-refractivity contribution in [1.29, 1.82) is 0 Å². The highest BCUT2D eigenvalue weighted by molar-refractivity contribution is 7.09. The first-order valence-corrected chi connectivity index (χ1v) is 8.60. The summed E-state index contributed by atoms with van der Waals surface area (Å²) in [6.07, 6.45) is 4.26. The van der Waals surface area contributed by atoms with E-state index < -0.39 is 0 Å². The smallest absolute Gasteiger partial charge is 0.226 e. The van der Waals surface area contributed by atoms with Gasteiger partial charge in [0.25, 0.3) is 0 Å². The van der Waals surface area contributed by atoms with Gasteiger partial charge in [0.2, 0.25) is 5.91 Å². The molecule has 1 fully saturated rings. The van der Waals surface area contributed by atoms with Crippen LogP contribution in [0.15, 0.2) is 5.38 Å². The quantitative estimate of drug-likeness (QED) is 0.796. The number of piperidine rings is 1. The molecule has 1 aromatic heterocycles. The van der Waals surface area contributed by atoms with E-state index in [1.165, 1.54) is 19.3 Å². The first-order valence-electron chi connectivity index (χ1n) is 7.72. The highest BCUT2D eigenvalue weighted by Crippen LogP contribution is 2.22. The molecular formula is C15H26N4OS. The molecule has 1 aliphatic heterocycles. The largest absolute Gasteiger partial charge is 0.359 e. The van der Waals surface area contributed by atoms with Crippen LogP contribution in [-0.2, 0) is 17.8 Å². The summed E-state index contributed by atoms with van der Waals surface area (Å²) in [6.45, 7) is 4.37. The molecule has 2 heterocycles. The summed E-state index contributed by atoms with van der Waals surface area (Å²) in [5, 5.41) is 8.87. The fourth-order valence-corrected chi connectivity index (χ4v) is 3.52. The summed E-state index contributed by atoms with van der Waals surface area (Å²) in [4.78, 5) is 18.4. The molecule has 0 saturated carbocycles.